The highest BCUT2D eigenvalue weighted by Crippen LogP contribution is 2.39. The molecule has 0 radical (unpaired) electrons. The summed E-state index contributed by atoms with van der Waals surface area (Å²) in [5, 5.41) is 15.4. The van der Waals surface area contributed by atoms with Crippen LogP contribution in [-0.2, 0) is 4.79 Å². The molecule has 2 rings (SSSR count). The van der Waals surface area contributed by atoms with Crippen LogP contribution in [0, 0.1) is 0 Å². The predicted octanol–water partition coefficient (Wildman–Crippen LogP) is 3.61. The maximum atomic E-state index is 11.7. The minimum Gasteiger partial charge on any atom is -0.480 e. The molecule has 1 aliphatic carbocycles. The summed E-state index contributed by atoms with van der Waals surface area (Å²) in [6, 6.07) is 4.17. The Bertz CT molecular complexity index is 408. The first-order valence-corrected chi connectivity index (χ1v) is 8.61. The van der Waals surface area contributed by atoms with E-state index in [1.807, 2.05) is 11.8 Å². The molecule has 1 aliphatic rings. The van der Waals surface area contributed by atoms with Gasteiger partial charge in [-0.2, -0.15) is 0 Å². The summed E-state index contributed by atoms with van der Waals surface area (Å²) >= 11 is 3.58. The number of nitrogens with one attached hydrogen (secondary N) is 1. The van der Waals surface area contributed by atoms with Crippen LogP contribution in [0.3, 0.4) is 0 Å². The van der Waals surface area contributed by atoms with Crippen molar-refractivity contribution in [1.82, 2.24) is 5.32 Å². The van der Waals surface area contributed by atoms with Gasteiger partial charge >= 0.3 is 5.97 Å². The fourth-order valence-corrected chi connectivity index (χ4v) is 5.00. The fourth-order valence-electron chi connectivity index (χ4n) is 2.61. The van der Waals surface area contributed by atoms with Crippen molar-refractivity contribution in [3.8, 4) is 0 Å². The van der Waals surface area contributed by atoms with Crippen molar-refractivity contribution < 1.29 is 9.90 Å². The maximum absolute atomic E-state index is 11.7. The highest BCUT2D eigenvalue weighted by Gasteiger charge is 2.42. The molecule has 1 heterocycles. The number of carbonyl (C=O) groups is 1. The summed E-state index contributed by atoms with van der Waals surface area (Å²) in [6.45, 7) is 2.85. The molecule has 2 unspecified atom stereocenters. The van der Waals surface area contributed by atoms with Gasteiger partial charge in [0.1, 0.15) is 5.54 Å². The van der Waals surface area contributed by atoms with Crippen LogP contribution >= 0.6 is 23.1 Å². The molecule has 19 heavy (non-hydrogen) atoms. The highest BCUT2D eigenvalue weighted by molar-refractivity contribution is 8.01. The summed E-state index contributed by atoms with van der Waals surface area (Å²) in [7, 11) is 0. The molecule has 1 aromatic rings. The van der Waals surface area contributed by atoms with Gasteiger partial charge in [0.15, 0.2) is 0 Å². The molecular weight excluding hydrogens is 278 g/mol. The Balaban J connectivity index is 2.02. The number of hydrogen-bond donors (Lipinski definition) is 2. The van der Waals surface area contributed by atoms with E-state index in [0.29, 0.717) is 5.25 Å². The van der Waals surface area contributed by atoms with Gasteiger partial charge in [0, 0.05) is 5.25 Å². The van der Waals surface area contributed by atoms with Crippen LogP contribution in [0.2, 0.25) is 0 Å². The lowest BCUT2D eigenvalue weighted by Crippen LogP contribution is -2.55. The van der Waals surface area contributed by atoms with Crippen molar-refractivity contribution in [3.05, 3.63) is 17.5 Å². The zero-order valence-corrected chi connectivity index (χ0v) is 12.9. The average Bonchev–Trinajstić information content (AvgIpc) is 2.89. The van der Waals surface area contributed by atoms with E-state index in [-0.39, 0.29) is 0 Å². The van der Waals surface area contributed by atoms with Crippen LogP contribution in [-0.4, -0.2) is 28.4 Å². The Morgan fingerprint density at radius 1 is 1.68 bits per heavy atom. The molecule has 0 amide bonds. The van der Waals surface area contributed by atoms with Crippen LogP contribution < -0.4 is 5.32 Å². The predicted molar refractivity (Wildman–Crippen MR) is 81.1 cm³/mol. The van der Waals surface area contributed by atoms with Gasteiger partial charge in [-0.05, 0) is 50.1 Å². The Labute approximate surface area is 122 Å². The van der Waals surface area contributed by atoms with Gasteiger partial charge in [0.05, 0.1) is 4.21 Å². The molecule has 3 nitrogen and oxygen atoms in total. The van der Waals surface area contributed by atoms with E-state index in [0.717, 1.165) is 38.6 Å². The first-order valence-electron chi connectivity index (χ1n) is 6.85. The molecule has 106 valence electrons. The van der Waals surface area contributed by atoms with Gasteiger partial charge in [-0.25, -0.2) is 0 Å². The number of rotatable bonds is 6. The van der Waals surface area contributed by atoms with Crippen LogP contribution in [0.4, 0.5) is 0 Å². The molecule has 1 fully saturated rings. The molecule has 0 aromatic carbocycles. The number of thiophene rings is 1. The van der Waals surface area contributed by atoms with Crippen LogP contribution in [0.25, 0.3) is 0 Å². The molecule has 0 aliphatic heterocycles. The molecular formula is C14H21NO2S2. The highest BCUT2D eigenvalue weighted by atomic mass is 32.2. The molecule has 0 spiro atoms. The van der Waals surface area contributed by atoms with E-state index in [1.54, 1.807) is 11.3 Å². The van der Waals surface area contributed by atoms with E-state index < -0.39 is 11.5 Å². The second kappa shape index (κ2) is 6.77. The average molecular weight is 299 g/mol. The van der Waals surface area contributed by atoms with E-state index in [9.17, 15) is 9.90 Å². The molecule has 2 atom stereocenters. The second-order valence-electron chi connectivity index (χ2n) is 5.08. The Morgan fingerprint density at radius 2 is 2.53 bits per heavy atom. The lowest BCUT2D eigenvalue weighted by molar-refractivity contribution is -0.146. The SMILES string of the molecule is CCCNC1(C(=O)O)CCCC(Sc2cccs2)C1. The van der Waals surface area contributed by atoms with Gasteiger partial charge < -0.3 is 10.4 Å². The monoisotopic (exact) mass is 299 g/mol. The third kappa shape index (κ3) is 3.74. The quantitative estimate of drug-likeness (QED) is 0.842. The molecule has 5 heteroatoms. The zero-order chi connectivity index (χ0) is 13.7. The number of hydrogen-bond acceptors (Lipinski definition) is 4. The number of carboxylic acid groups (broad SMARTS) is 1. The summed E-state index contributed by atoms with van der Waals surface area (Å²) in [5.74, 6) is -0.683. The summed E-state index contributed by atoms with van der Waals surface area (Å²) in [4.78, 5) is 11.7. The first kappa shape index (κ1) is 14.9. The third-order valence-electron chi connectivity index (χ3n) is 3.61. The van der Waals surface area contributed by atoms with Crippen molar-refractivity contribution in [2.45, 2.75) is 54.0 Å². The lowest BCUT2D eigenvalue weighted by Gasteiger charge is -2.38. The Morgan fingerprint density at radius 3 is 3.16 bits per heavy atom. The Hall–Kier alpha value is -0.520. The Kier molecular flexibility index (Phi) is 5.30. The number of carboxylic acids is 1. The van der Waals surface area contributed by atoms with Crippen LogP contribution in [0.15, 0.2) is 21.7 Å². The van der Waals surface area contributed by atoms with Crippen molar-refractivity contribution >= 4 is 29.1 Å². The van der Waals surface area contributed by atoms with Crippen molar-refractivity contribution in [1.29, 1.82) is 0 Å². The minimum absolute atomic E-state index is 0.410. The lowest BCUT2D eigenvalue weighted by atomic mass is 9.81. The van der Waals surface area contributed by atoms with Crippen molar-refractivity contribution in [2.24, 2.45) is 0 Å². The first-order chi connectivity index (χ1) is 9.16. The van der Waals surface area contributed by atoms with Gasteiger partial charge in [-0.1, -0.05) is 13.0 Å². The number of aliphatic carboxylic acids is 1. The van der Waals surface area contributed by atoms with E-state index >= 15 is 0 Å². The van der Waals surface area contributed by atoms with E-state index in [2.05, 4.69) is 29.8 Å². The summed E-state index contributed by atoms with van der Waals surface area (Å²) < 4.78 is 1.29. The van der Waals surface area contributed by atoms with Gasteiger partial charge in [-0.15, -0.1) is 23.1 Å². The standard InChI is InChI=1S/C14H21NO2S2/c1-2-8-15-14(13(16)17)7-3-5-11(10-14)19-12-6-4-9-18-12/h4,6,9,11,15H,2-3,5,7-8,10H2,1H3,(H,16,17). The van der Waals surface area contributed by atoms with Crippen LogP contribution in [0.5, 0.6) is 0 Å². The summed E-state index contributed by atoms with van der Waals surface area (Å²) in [6.07, 6.45) is 4.56. The topological polar surface area (TPSA) is 49.3 Å². The summed E-state index contributed by atoms with van der Waals surface area (Å²) in [5.41, 5.74) is -0.705. The minimum atomic E-state index is -0.705. The van der Waals surface area contributed by atoms with Crippen molar-refractivity contribution in [3.63, 3.8) is 0 Å². The van der Waals surface area contributed by atoms with E-state index in [1.165, 1.54) is 4.21 Å². The maximum Gasteiger partial charge on any atom is 0.323 e. The molecule has 1 saturated carbocycles. The van der Waals surface area contributed by atoms with Gasteiger partial charge in [0.25, 0.3) is 0 Å². The third-order valence-corrected chi connectivity index (χ3v) is 5.95. The van der Waals surface area contributed by atoms with Gasteiger partial charge in [0.2, 0.25) is 0 Å². The van der Waals surface area contributed by atoms with Crippen molar-refractivity contribution in [2.75, 3.05) is 6.54 Å². The molecule has 2 N–H and O–H groups in total. The number of thioether (sulfide) groups is 1. The van der Waals surface area contributed by atoms with E-state index in [4.69, 9.17) is 0 Å². The normalized spacial score (nSPS) is 27.3. The largest absolute Gasteiger partial charge is 0.480 e. The molecule has 1 aromatic heterocycles. The molecule has 0 bridgehead atoms. The second-order valence-corrected chi connectivity index (χ2v) is 7.63. The smallest absolute Gasteiger partial charge is 0.323 e. The zero-order valence-electron chi connectivity index (χ0n) is 11.2. The van der Waals surface area contributed by atoms with Crippen LogP contribution in [0.1, 0.15) is 39.0 Å². The fraction of sp³-hybridized carbons (Fsp3) is 0.643. The molecule has 0 saturated heterocycles. The van der Waals surface area contributed by atoms with Gasteiger partial charge in [-0.3, -0.25) is 4.79 Å².